The largest absolute Gasteiger partial charge is 0.477 e. The van der Waals surface area contributed by atoms with Gasteiger partial charge in [0.25, 0.3) is 0 Å². The second kappa shape index (κ2) is 3.54. The van der Waals surface area contributed by atoms with Gasteiger partial charge in [-0.2, -0.15) is 5.10 Å². The van der Waals surface area contributed by atoms with Crippen LogP contribution in [-0.2, 0) is 6.54 Å². The van der Waals surface area contributed by atoms with Crippen LogP contribution in [0.4, 0.5) is 0 Å². The third-order valence-corrected chi connectivity index (χ3v) is 3.38. The Morgan fingerprint density at radius 2 is 2.33 bits per heavy atom. The standard InChI is InChI=1S/C12H20N2O/c1-5-12(4)7-14-11(15-8-12)10(6-13-14)9(2)3/h6,9H,5,7-8H2,1-4H3. The van der Waals surface area contributed by atoms with E-state index in [1.54, 1.807) is 0 Å². The van der Waals surface area contributed by atoms with Crippen LogP contribution in [0.3, 0.4) is 0 Å². The van der Waals surface area contributed by atoms with E-state index in [0.717, 1.165) is 25.5 Å². The Morgan fingerprint density at radius 1 is 1.60 bits per heavy atom. The quantitative estimate of drug-likeness (QED) is 0.747. The van der Waals surface area contributed by atoms with Crippen LogP contribution >= 0.6 is 0 Å². The van der Waals surface area contributed by atoms with Crippen molar-refractivity contribution in [3.63, 3.8) is 0 Å². The lowest BCUT2D eigenvalue weighted by Gasteiger charge is -2.33. The van der Waals surface area contributed by atoms with E-state index in [4.69, 9.17) is 4.74 Å². The molecule has 15 heavy (non-hydrogen) atoms. The van der Waals surface area contributed by atoms with Gasteiger partial charge in [0.2, 0.25) is 5.88 Å². The molecule has 1 atom stereocenters. The molecule has 0 bridgehead atoms. The summed E-state index contributed by atoms with van der Waals surface area (Å²) in [6.45, 7) is 10.6. The van der Waals surface area contributed by atoms with E-state index in [1.165, 1.54) is 5.56 Å². The molecule has 0 amide bonds. The Labute approximate surface area is 91.4 Å². The van der Waals surface area contributed by atoms with Crippen molar-refractivity contribution in [1.82, 2.24) is 9.78 Å². The van der Waals surface area contributed by atoms with Crippen LogP contribution < -0.4 is 4.74 Å². The Hall–Kier alpha value is -0.990. The molecule has 1 aliphatic heterocycles. The van der Waals surface area contributed by atoms with Gasteiger partial charge in [-0.15, -0.1) is 0 Å². The lowest BCUT2D eigenvalue weighted by atomic mass is 9.88. The zero-order valence-electron chi connectivity index (χ0n) is 10.1. The molecular formula is C12H20N2O. The number of hydrogen-bond donors (Lipinski definition) is 0. The summed E-state index contributed by atoms with van der Waals surface area (Å²) < 4.78 is 7.88. The molecule has 0 saturated carbocycles. The molecule has 3 nitrogen and oxygen atoms in total. The molecule has 0 spiro atoms. The van der Waals surface area contributed by atoms with Gasteiger partial charge >= 0.3 is 0 Å². The predicted molar refractivity (Wildman–Crippen MR) is 60.2 cm³/mol. The number of aromatic nitrogens is 2. The summed E-state index contributed by atoms with van der Waals surface area (Å²) in [6, 6.07) is 0. The molecular weight excluding hydrogens is 188 g/mol. The maximum absolute atomic E-state index is 5.86. The minimum Gasteiger partial charge on any atom is -0.477 e. The van der Waals surface area contributed by atoms with Crippen molar-refractivity contribution < 1.29 is 4.74 Å². The van der Waals surface area contributed by atoms with Gasteiger partial charge in [0.15, 0.2) is 0 Å². The molecule has 0 aromatic carbocycles. The fraction of sp³-hybridized carbons (Fsp3) is 0.750. The van der Waals surface area contributed by atoms with Crippen molar-refractivity contribution in [2.45, 2.75) is 46.6 Å². The average molecular weight is 208 g/mol. The molecule has 1 aliphatic rings. The smallest absolute Gasteiger partial charge is 0.215 e. The lowest BCUT2D eigenvalue weighted by molar-refractivity contribution is 0.0800. The monoisotopic (exact) mass is 208 g/mol. The second-order valence-electron chi connectivity index (χ2n) is 5.17. The highest BCUT2D eigenvalue weighted by Gasteiger charge is 2.32. The summed E-state index contributed by atoms with van der Waals surface area (Å²) in [5.41, 5.74) is 1.47. The fourth-order valence-corrected chi connectivity index (χ4v) is 1.92. The van der Waals surface area contributed by atoms with E-state index in [9.17, 15) is 0 Å². The molecule has 0 fully saturated rings. The van der Waals surface area contributed by atoms with Crippen LogP contribution in [0.2, 0.25) is 0 Å². The number of hydrogen-bond acceptors (Lipinski definition) is 2. The summed E-state index contributed by atoms with van der Waals surface area (Å²) in [6.07, 6.45) is 3.07. The predicted octanol–water partition coefficient (Wildman–Crippen LogP) is 2.82. The molecule has 84 valence electrons. The molecule has 3 heteroatoms. The van der Waals surface area contributed by atoms with Crippen LogP contribution in [0.5, 0.6) is 5.88 Å². The number of ether oxygens (including phenoxy) is 1. The summed E-state index contributed by atoms with van der Waals surface area (Å²) in [5, 5.41) is 4.41. The van der Waals surface area contributed by atoms with E-state index >= 15 is 0 Å². The van der Waals surface area contributed by atoms with E-state index < -0.39 is 0 Å². The molecule has 0 saturated heterocycles. The van der Waals surface area contributed by atoms with Gasteiger partial charge in [-0.3, -0.25) is 0 Å². The molecule has 2 heterocycles. The van der Waals surface area contributed by atoms with Crippen molar-refractivity contribution in [2.75, 3.05) is 6.61 Å². The van der Waals surface area contributed by atoms with E-state index in [-0.39, 0.29) is 5.41 Å². The van der Waals surface area contributed by atoms with E-state index in [1.807, 2.05) is 10.9 Å². The highest BCUT2D eigenvalue weighted by atomic mass is 16.5. The van der Waals surface area contributed by atoms with Crippen LogP contribution in [0, 0.1) is 5.41 Å². The molecule has 0 radical (unpaired) electrons. The van der Waals surface area contributed by atoms with E-state index in [0.29, 0.717) is 5.92 Å². The van der Waals surface area contributed by atoms with Gasteiger partial charge in [-0.25, -0.2) is 4.68 Å². The maximum atomic E-state index is 5.86. The first-order valence-corrected chi connectivity index (χ1v) is 5.74. The van der Waals surface area contributed by atoms with Gasteiger partial charge in [0.1, 0.15) is 0 Å². The SMILES string of the molecule is CCC1(C)COc2c(C(C)C)cnn2C1. The van der Waals surface area contributed by atoms with Crippen LogP contribution in [0.25, 0.3) is 0 Å². The van der Waals surface area contributed by atoms with Gasteiger partial charge in [0.05, 0.1) is 19.3 Å². The molecule has 1 aromatic heterocycles. The van der Waals surface area contributed by atoms with Crippen molar-refractivity contribution in [3.8, 4) is 5.88 Å². The van der Waals surface area contributed by atoms with Crippen LogP contribution in [-0.4, -0.2) is 16.4 Å². The Morgan fingerprint density at radius 3 is 2.93 bits per heavy atom. The lowest BCUT2D eigenvalue weighted by Crippen LogP contribution is -2.35. The zero-order chi connectivity index (χ0) is 11.1. The first kappa shape index (κ1) is 10.5. The van der Waals surface area contributed by atoms with Crippen molar-refractivity contribution in [2.24, 2.45) is 5.41 Å². The van der Waals surface area contributed by atoms with Crippen LogP contribution in [0.15, 0.2) is 6.20 Å². The third-order valence-electron chi connectivity index (χ3n) is 3.38. The van der Waals surface area contributed by atoms with Gasteiger partial charge in [-0.1, -0.05) is 27.7 Å². The van der Waals surface area contributed by atoms with Crippen molar-refractivity contribution in [3.05, 3.63) is 11.8 Å². The molecule has 1 aromatic rings. The second-order valence-corrected chi connectivity index (χ2v) is 5.17. The number of fused-ring (bicyclic) bond motifs is 1. The normalized spacial score (nSPS) is 25.1. The highest BCUT2D eigenvalue weighted by Crippen LogP contribution is 2.35. The van der Waals surface area contributed by atoms with Crippen molar-refractivity contribution >= 4 is 0 Å². The van der Waals surface area contributed by atoms with Crippen LogP contribution in [0.1, 0.15) is 45.6 Å². The van der Waals surface area contributed by atoms with Gasteiger partial charge in [0, 0.05) is 11.0 Å². The Balaban J connectivity index is 2.30. The van der Waals surface area contributed by atoms with Gasteiger partial charge < -0.3 is 4.74 Å². The summed E-state index contributed by atoms with van der Waals surface area (Å²) in [7, 11) is 0. The first-order chi connectivity index (χ1) is 7.06. The summed E-state index contributed by atoms with van der Waals surface area (Å²) >= 11 is 0. The first-order valence-electron chi connectivity index (χ1n) is 5.74. The minimum atomic E-state index is 0.243. The maximum Gasteiger partial charge on any atom is 0.215 e. The summed E-state index contributed by atoms with van der Waals surface area (Å²) in [4.78, 5) is 0. The zero-order valence-corrected chi connectivity index (χ0v) is 10.1. The Kier molecular flexibility index (Phi) is 2.49. The minimum absolute atomic E-state index is 0.243. The van der Waals surface area contributed by atoms with E-state index in [2.05, 4.69) is 32.8 Å². The number of rotatable bonds is 2. The van der Waals surface area contributed by atoms with Gasteiger partial charge in [-0.05, 0) is 12.3 Å². The Bertz CT molecular complexity index is 357. The molecule has 0 aliphatic carbocycles. The molecule has 0 N–H and O–H groups in total. The topological polar surface area (TPSA) is 27.1 Å². The number of nitrogens with zero attached hydrogens (tertiary/aromatic N) is 2. The molecule has 1 unspecified atom stereocenters. The average Bonchev–Trinajstić information content (AvgIpc) is 2.60. The molecule has 2 rings (SSSR count). The fourth-order valence-electron chi connectivity index (χ4n) is 1.92. The van der Waals surface area contributed by atoms with Crippen molar-refractivity contribution in [1.29, 1.82) is 0 Å². The summed E-state index contributed by atoms with van der Waals surface area (Å²) in [5.74, 6) is 1.47. The third kappa shape index (κ3) is 1.75. The highest BCUT2D eigenvalue weighted by molar-refractivity contribution is 5.28.